The van der Waals surface area contributed by atoms with Crippen molar-refractivity contribution >= 4 is 22.9 Å². The summed E-state index contributed by atoms with van der Waals surface area (Å²) in [6.45, 7) is 8.26. The van der Waals surface area contributed by atoms with Crippen molar-refractivity contribution in [3.8, 4) is 0 Å². The Balaban J connectivity index is 1.71. The number of carbonyl (C=O) groups excluding carboxylic acids is 1. The number of nitrogens with zero attached hydrogens (tertiary/aromatic N) is 2. The third-order valence-electron chi connectivity index (χ3n) is 3.17. The molecule has 0 aromatic carbocycles. The molecule has 0 atom stereocenters. The maximum absolute atomic E-state index is 11.1. The van der Waals surface area contributed by atoms with E-state index in [4.69, 9.17) is 0 Å². The molecule has 0 bridgehead atoms. The van der Waals surface area contributed by atoms with Crippen LogP contribution in [0.25, 0.3) is 0 Å². The van der Waals surface area contributed by atoms with Crippen LogP contribution >= 0.6 is 11.3 Å². The van der Waals surface area contributed by atoms with Crippen molar-refractivity contribution in [1.29, 1.82) is 0 Å². The molecule has 114 valence electrons. The Bertz CT molecular complexity index is 603. The van der Waals surface area contributed by atoms with Crippen molar-refractivity contribution in [2.75, 3.05) is 11.9 Å². The van der Waals surface area contributed by atoms with Gasteiger partial charge in [-0.2, -0.15) is 5.10 Å². The van der Waals surface area contributed by atoms with Gasteiger partial charge in [0.1, 0.15) is 0 Å². The van der Waals surface area contributed by atoms with Gasteiger partial charge in [-0.1, -0.05) is 0 Å². The van der Waals surface area contributed by atoms with E-state index in [0.29, 0.717) is 0 Å². The zero-order valence-electron chi connectivity index (χ0n) is 12.8. The number of aryl methyl sites for hydroxylation is 3. The highest BCUT2D eigenvalue weighted by Gasteiger charge is 2.05. The Hall–Kier alpha value is -1.66. The molecule has 6 heteroatoms. The first-order valence-corrected chi connectivity index (χ1v) is 8.00. The van der Waals surface area contributed by atoms with Crippen LogP contribution in [0.2, 0.25) is 0 Å². The van der Waals surface area contributed by atoms with Gasteiger partial charge in [0.25, 0.3) is 0 Å². The van der Waals surface area contributed by atoms with Crippen molar-refractivity contribution in [1.82, 2.24) is 15.1 Å². The van der Waals surface area contributed by atoms with Gasteiger partial charge in [0.05, 0.1) is 11.4 Å². The molecule has 0 aliphatic heterocycles. The van der Waals surface area contributed by atoms with Crippen molar-refractivity contribution in [2.24, 2.45) is 0 Å². The second kappa shape index (κ2) is 7.38. The first-order chi connectivity index (χ1) is 10.1. The zero-order valence-corrected chi connectivity index (χ0v) is 13.6. The van der Waals surface area contributed by atoms with Crippen molar-refractivity contribution < 1.29 is 4.79 Å². The van der Waals surface area contributed by atoms with Crippen LogP contribution in [0.3, 0.4) is 0 Å². The van der Waals surface area contributed by atoms with Crippen LogP contribution in [-0.4, -0.2) is 22.2 Å². The molecule has 2 aromatic rings. The molecule has 0 radical (unpaired) electrons. The Morgan fingerprint density at radius 1 is 1.43 bits per heavy atom. The normalized spacial score (nSPS) is 10.8. The van der Waals surface area contributed by atoms with Gasteiger partial charge in [0.15, 0.2) is 0 Å². The summed E-state index contributed by atoms with van der Waals surface area (Å²) in [4.78, 5) is 12.3. The lowest BCUT2D eigenvalue weighted by Gasteiger charge is -2.07. The van der Waals surface area contributed by atoms with Gasteiger partial charge in [0.2, 0.25) is 5.91 Å². The van der Waals surface area contributed by atoms with Crippen LogP contribution in [0.15, 0.2) is 17.5 Å². The molecule has 0 aliphatic rings. The smallest absolute Gasteiger partial charge is 0.221 e. The molecule has 1 amide bonds. The Morgan fingerprint density at radius 2 is 2.24 bits per heavy atom. The third kappa shape index (κ3) is 4.68. The molecule has 0 saturated carbocycles. The number of amides is 1. The minimum absolute atomic E-state index is 0.0285. The molecule has 0 fully saturated rings. The summed E-state index contributed by atoms with van der Waals surface area (Å²) in [5.74, 6) is -0.0285. The number of hydrogen-bond acceptors (Lipinski definition) is 4. The summed E-state index contributed by atoms with van der Waals surface area (Å²) >= 11 is 1.66. The van der Waals surface area contributed by atoms with Gasteiger partial charge in [-0.25, -0.2) is 0 Å². The van der Waals surface area contributed by atoms with Gasteiger partial charge in [-0.3, -0.25) is 9.48 Å². The lowest BCUT2D eigenvalue weighted by atomic mass is 10.3. The van der Waals surface area contributed by atoms with Gasteiger partial charge in [-0.15, -0.1) is 11.3 Å². The number of thiophene rings is 1. The van der Waals surface area contributed by atoms with E-state index in [1.165, 1.54) is 12.6 Å². The lowest BCUT2D eigenvalue weighted by molar-refractivity contribution is -0.114. The second-order valence-corrected chi connectivity index (χ2v) is 6.12. The molecular weight excluding hydrogens is 284 g/mol. The van der Waals surface area contributed by atoms with Crippen LogP contribution in [0.4, 0.5) is 5.69 Å². The first-order valence-electron chi connectivity index (χ1n) is 7.12. The Morgan fingerprint density at radius 3 is 2.90 bits per heavy atom. The van der Waals surface area contributed by atoms with Crippen molar-refractivity contribution in [2.45, 2.75) is 40.3 Å². The zero-order chi connectivity index (χ0) is 15.2. The van der Waals surface area contributed by atoms with E-state index in [1.54, 1.807) is 11.3 Å². The van der Waals surface area contributed by atoms with Crippen LogP contribution in [0.5, 0.6) is 0 Å². The summed E-state index contributed by atoms with van der Waals surface area (Å²) in [7, 11) is 0. The summed E-state index contributed by atoms with van der Waals surface area (Å²) in [5, 5.41) is 12.7. The number of carbonyl (C=O) groups is 1. The van der Waals surface area contributed by atoms with E-state index in [2.05, 4.69) is 28.7 Å². The van der Waals surface area contributed by atoms with Crippen LogP contribution in [-0.2, 0) is 17.9 Å². The van der Waals surface area contributed by atoms with Crippen LogP contribution in [0.1, 0.15) is 29.6 Å². The fraction of sp³-hybridized carbons (Fsp3) is 0.467. The fourth-order valence-corrected chi connectivity index (χ4v) is 3.04. The summed E-state index contributed by atoms with van der Waals surface area (Å²) in [6.07, 6.45) is 1.03. The fourth-order valence-electron chi connectivity index (χ4n) is 2.24. The summed E-state index contributed by atoms with van der Waals surface area (Å²) < 4.78 is 2.05. The van der Waals surface area contributed by atoms with E-state index in [-0.39, 0.29) is 5.91 Å². The Labute approximate surface area is 129 Å². The minimum atomic E-state index is -0.0285. The number of hydrogen-bond donors (Lipinski definition) is 2. The maximum Gasteiger partial charge on any atom is 0.221 e. The number of aromatic nitrogens is 2. The largest absolute Gasteiger partial charge is 0.325 e. The SMILES string of the molecule is CC(=O)Nc1ccsc1CNCCCn1nc(C)cc1C. The number of nitrogens with one attached hydrogen (secondary N) is 2. The molecule has 5 nitrogen and oxygen atoms in total. The van der Waals surface area contributed by atoms with Gasteiger partial charge in [0, 0.05) is 30.6 Å². The molecule has 2 heterocycles. The van der Waals surface area contributed by atoms with E-state index in [0.717, 1.165) is 42.3 Å². The third-order valence-corrected chi connectivity index (χ3v) is 4.09. The van der Waals surface area contributed by atoms with Crippen molar-refractivity contribution in [3.05, 3.63) is 33.8 Å². The van der Waals surface area contributed by atoms with E-state index in [1.807, 2.05) is 23.1 Å². The molecule has 0 saturated heterocycles. The van der Waals surface area contributed by atoms with E-state index in [9.17, 15) is 4.79 Å². The molecule has 0 aliphatic carbocycles. The van der Waals surface area contributed by atoms with E-state index < -0.39 is 0 Å². The highest BCUT2D eigenvalue weighted by molar-refractivity contribution is 7.10. The predicted molar refractivity (Wildman–Crippen MR) is 86.6 cm³/mol. The van der Waals surface area contributed by atoms with Gasteiger partial charge in [-0.05, 0) is 44.3 Å². The molecule has 0 unspecified atom stereocenters. The molecule has 2 N–H and O–H groups in total. The average molecular weight is 306 g/mol. The highest BCUT2D eigenvalue weighted by atomic mass is 32.1. The molecule has 0 spiro atoms. The maximum atomic E-state index is 11.1. The highest BCUT2D eigenvalue weighted by Crippen LogP contribution is 2.21. The molecule has 2 rings (SSSR count). The minimum Gasteiger partial charge on any atom is -0.325 e. The average Bonchev–Trinajstić information content (AvgIpc) is 2.95. The predicted octanol–water partition coefficient (Wildman–Crippen LogP) is 2.70. The number of anilines is 1. The quantitative estimate of drug-likeness (QED) is 0.773. The van der Waals surface area contributed by atoms with E-state index >= 15 is 0 Å². The molecule has 21 heavy (non-hydrogen) atoms. The van der Waals surface area contributed by atoms with Gasteiger partial charge >= 0.3 is 0 Å². The molecule has 2 aromatic heterocycles. The monoisotopic (exact) mass is 306 g/mol. The summed E-state index contributed by atoms with van der Waals surface area (Å²) in [6, 6.07) is 4.04. The molecular formula is C15H22N4OS. The Kier molecular flexibility index (Phi) is 5.52. The topological polar surface area (TPSA) is 59.0 Å². The standard InChI is InChI=1S/C15H22N4OS/c1-11-9-12(2)19(18-11)7-4-6-16-10-15-14(5-8-21-15)17-13(3)20/h5,8-9,16H,4,6-7,10H2,1-3H3,(H,17,20). The summed E-state index contributed by atoms with van der Waals surface area (Å²) in [5.41, 5.74) is 3.19. The van der Waals surface area contributed by atoms with Crippen LogP contribution < -0.4 is 10.6 Å². The number of rotatable bonds is 7. The second-order valence-electron chi connectivity index (χ2n) is 5.12. The first kappa shape index (κ1) is 15.7. The van der Waals surface area contributed by atoms with Gasteiger partial charge < -0.3 is 10.6 Å². The van der Waals surface area contributed by atoms with Crippen LogP contribution in [0, 0.1) is 13.8 Å². The van der Waals surface area contributed by atoms with Crippen molar-refractivity contribution in [3.63, 3.8) is 0 Å². The lowest BCUT2D eigenvalue weighted by Crippen LogP contribution is -2.17.